The van der Waals surface area contributed by atoms with Crippen molar-refractivity contribution < 1.29 is 14.1 Å². The van der Waals surface area contributed by atoms with E-state index in [1.165, 1.54) is 16.5 Å². The van der Waals surface area contributed by atoms with Gasteiger partial charge in [0.2, 0.25) is 5.91 Å². The average molecular weight is 459 g/mol. The number of hydrogen-bond donors (Lipinski definition) is 2. The smallest absolute Gasteiger partial charge is 0.223 e. The van der Waals surface area contributed by atoms with Gasteiger partial charge in [-0.25, -0.2) is 9.07 Å². The fourth-order valence-electron chi connectivity index (χ4n) is 4.71. The quantitative estimate of drug-likeness (QED) is 0.448. The molecule has 0 saturated carbocycles. The zero-order valence-electron chi connectivity index (χ0n) is 19.0. The fraction of sp³-hybridized carbons (Fsp3) is 0.259. The van der Waals surface area contributed by atoms with Crippen LogP contribution in [-0.2, 0) is 17.9 Å². The van der Waals surface area contributed by atoms with Crippen molar-refractivity contribution in [2.45, 2.75) is 25.9 Å². The molecule has 34 heavy (non-hydrogen) atoms. The Morgan fingerprint density at radius 3 is 2.41 bits per heavy atom. The molecule has 6 nitrogen and oxygen atoms in total. The van der Waals surface area contributed by atoms with Crippen LogP contribution in [0.2, 0.25) is 0 Å². The number of nitrogens with zero attached hydrogens (tertiary/aromatic N) is 3. The first-order valence-corrected chi connectivity index (χ1v) is 11.8. The molecule has 1 aliphatic rings. The molecule has 3 heterocycles. The van der Waals surface area contributed by atoms with Crippen molar-refractivity contribution in [2.75, 3.05) is 13.1 Å². The molecule has 4 aromatic rings. The molecule has 1 saturated heterocycles. The lowest BCUT2D eigenvalue weighted by molar-refractivity contribution is -0.919. The molecule has 5 rings (SSSR count). The number of carbonyl (C=O) groups excluding carboxylic acids is 1. The number of nitrogens with one attached hydrogen (secondary N) is 2. The van der Waals surface area contributed by atoms with E-state index in [1.54, 1.807) is 18.2 Å². The zero-order valence-corrected chi connectivity index (χ0v) is 19.0. The minimum absolute atomic E-state index is 0.0206. The highest BCUT2D eigenvalue weighted by molar-refractivity contribution is 5.78. The molecule has 1 fully saturated rings. The van der Waals surface area contributed by atoms with Crippen LogP contribution in [0.1, 0.15) is 24.0 Å². The number of benzene rings is 2. The number of rotatable bonds is 7. The summed E-state index contributed by atoms with van der Waals surface area (Å²) in [5.41, 5.74) is 2.72. The maximum Gasteiger partial charge on any atom is 0.223 e. The van der Waals surface area contributed by atoms with Crippen LogP contribution < -0.4 is 10.2 Å². The Morgan fingerprint density at radius 1 is 0.971 bits per heavy atom. The second-order valence-electron chi connectivity index (χ2n) is 8.84. The summed E-state index contributed by atoms with van der Waals surface area (Å²) in [6.45, 7) is 2.92. The third kappa shape index (κ3) is 4.79. The second kappa shape index (κ2) is 10.1. The summed E-state index contributed by atoms with van der Waals surface area (Å²) >= 11 is 0. The van der Waals surface area contributed by atoms with E-state index in [0.717, 1.165) is 44.0 Å². The van der Waals surface area contributed by atoms with Crippen molar-refractivity contribution >= 4 is 5.91 Å². The van der Waals surface area contributed by atoms with Crippen LogP contribution in [-0.4, -0.2) is 33.3 Å². The van der Waals surface area contributed by atoms with E-state index in [1.807, 2.05) is 53.6 Å². The van der Waals surface area contributed by atoms with Crippen LogP contribution >= 0.6 is 0 Å². The molecular formula is C27H29FN5O+. The summed E-state index contributed by atoms with van der Waals surface area (Å²) < 4.78 is 17.9. The number of quaternary nitrogens is 1. The Morgan fingerprint density at radius 2 is 1.68 bits per heavy atom. The van der Waals surface area contributed by atoms with E-state index in [9.17, 15) is 9.18 Å². The number of aromatic nitrogens is 3. The first-order chi connectivity index (χ1) is 16.7. The van der Waals surface area contributed by atoms with E-state index in [2.05, 4.69) is 22.0 Å². The van der Waals surface area contributed by atoms with Gasteiger partial charge in [0.05, 0.1) is 30.5 Å². The first kappa shape index (κ1) is 22.1. The van der Waals surface area contributed by atoms with E-state index in [-0.39, 0.29) is 24.2 Å². The van der Waals surface area contributed by atoms with Gasteiger partial charge in [-0.05, 0) is 30.3 Å². The van der Waals surface area contributed by atoms with Gasteiger partial charge in [0.1, 0.15) is 18.2 Å². The highest BCUT2D eigenvalue weighted by Crippen LogP contribution is 2.20. The number of hydrogen-bond acceptors (Lipinski definition) is 2. The maximum atomic E-state index is 13.8. The lowest BCUT2D eigenvalue weighted by Crippen LogP contribution is -3.11. The minimum atomic E-state index is -0.281. The van der Waals surface area contributed by atoms with Crippen LogP contribution in [0.5, 0.6) is 0 Å². The van der Waals surface area contributed by atoms with Crippen LogP contribution in [0.25, 0.3) is 11.5 Å². The van der Waals surface area contributed by atoms with E-state index < -0.39 is 0 Å². The fourth-order valence-corrected chi connectivity index (χ4v) is 4.71. The van der Waals surface area contributed by atoms with Gasteiger partial charge >= 0.3 is 0 Å². The predicted molar refractivity (Wildman–Crippen MR) is 128 cm³/mol. The summed E-state index contributed by atoms with van der Waals surface area (Å²) in [5, 5.41) is 7.62. The monoisotopic (exact) mass is 458 g/mol. The molecule has 1 aliphatic heterocycles. The van der Waals surface area contributed by atoms with Crippen molar-refractivity contribution in [3.8, 4) is 11.5 Å². The molecule has 0 atom stereocenters. The second-order valence-corrected chi connectivity index (χ2v) is 8.84. The van der Waals surface area contributed by atoms with Gasteiger partial charge in [-0.1, -0.05) is 36.4 Å². The molecule has 0 radical (unpaired) electrons. The Balaban J connectivity index is 1.22. The molecule has 2 aromatic heterocycles. The van der Waals surface area contributed by atoms with Crippen LogP contribution in [0.15, 0.2) is 85.3 Å². The molecule has 0 aliphatic carbocycles. The molecule has 2 N–H and O–H groups in total. The molecule has 0 bridgehead atoms. The summed E-state index contributed by atoms with van der Waals surface area (Å²) in [6.07, 6.45) is 7.69. The van der Waals surface area contributed by atoms with Gasteiger partial charge in [-0.2, -0.15) is 5.10 Å². The van der Waals surface area contributed by atoms with Gasteiger partial charge in [-0.3, -0.25) is 4.79 Å². The number of para-hydroxylation sites is 1. The molecule has 0 unspecified atom stereocenters. The molecule has 7 heteroatoms. The van der Waals surface area contributed by atoms with E-state index >= 15 is 0 Å². The number of likely N-dealkylation sites (tertiary alicyclic amines) is 1. The lowest BCUT2D eigenvalue weighted by Gasteiger charge is -2.28. The highest BCUT2D eigenvalue weighted by atomic mass is 19.1. The van der Waals surface area contributed by atoms with Crippen molar-refractivity contribution in [2.24, 2.45) is 5.92 Å². The highest BCUT2D eigenvalue weighted by Gasteiger charge is 2.28. The van der Waals surface area contributed by atoms with Gasteiger partial charge < -0.3 is 14.8 Å². The number of halogens is 1. The number of carbonyl (C=O) groups is 1. The van der Waals surface area contributed by atoms with Crippen molar-refractivity contribution in [1.29, 1.82) is 0 Å². The third-order valence-corrected chi connectivity index (χ3v) is 6.58. The Bertz CT molecular complexity index is 1230. The third-order valence-electron chi connectivity index (χ3n) is 6.58. The van der Waals surface area contributed by atoms with Crippen molar-refractivity contribution in [3.63, 3.8) is 0 Å². The number of piperidine rings is 1. The van der Waals surface area contributed by atoms with Gasteiger partial charge in [0.15, 0.2) is 0 Å². The molecule has 2 aromatic carbocycles. The summed E-state index contributed by atoms with van der Waals surface area (Å²) in [7, 11) is 0. The molecular weight excluding hydrogens is 429 g/mol. The van der Waals surface area contributed by atoms with Gasteiger partial charge in [0.25, 0.3) is 0 Å². The largest absolute Gasteiger partial charge is 0.352 e. The summed E-state index contributed by atoms with van der Waals surface area (Å²) in [6, 6.07) is 20.8. The van der Waals surface area contributed by atoms with E-state index in [4.69, 9.17) is 5.10 Å². The Kier molecular flexibility index (Phi) is 6.53. The Hall–Kier alpha value is -3.71. The van der Waals surface area contributed by atoms with Crippen molar-refractivity contribution in [3.05, 3.63) is 102 Å². The maximum absolute atomic E-state index is 13.8. The van der Waals surface area contributed by atoms with Crippen LogP contribution in [0.4, 0.5) is 4.39 Å². The molecule has 0 spiro atoms. The summed E-state index contributed by atoms with van der Waals surface area (Å²) in [4.78, 5) is 14.1. The summed E-state index contributed by atoms with van der Waals surface area (Å²) in [5.74, 6) is 0.767. The standard InChI is InChI=1S/C27H28FN5O/c28-25-11-5-4-8-22(25)18-29-26(34)21-12-16-31(17-13-21)20-23-19-30-33(24-9-2-1-3-10-24)27(23)32-14-6-7-15-32/h1-11,14-15,19,21H,12-13,16-18,20H2,(H,29,34)/p+1. The number of amides is 1. The first-order valence-electron chi connectivity index (χ1n) is 11.8. The topological polar surface area (TPSA) is 56.3 Å². The lowest BCUT2D eigenvalue weighted by atomic mass is 9.95. The SMILES string of the molecule is O=C(NCc1ccccc1F)C1CC[NH+](Cc2cnn(-c3ccccc3)c2-n2cccc2)CC1. The van der Waals surface area contributed by atoms with Gasteiger partial charge in [0, 0.05) is 43.3 Å². The van der Waals surface area contributed by atoms with Crippen LogP contribution in [0, 0.1) is 11.7 Å². The molecule has 174 valence electrons. The predicted octanol–water partition coefficient (Wildman–Crippen LogP) is 2.91. The molecule has 1 amide bonds. The van der Waals surface area contributed by atoms with Crippen molar-refractivity contribution in [1.82, 2.24) is 19.7 Å². The zero-order chi connectivity index (χ0) is 23.3. The van der Waals surface area contributed by atoms with Gasteiger partial charge in [-0.15, -0.1) is 0 Å². The van der Waals surface area contributed by atoms with E-state index in [0.29, 0.717) is 5.56 Å². The minimum Gasteiger partial charge on any atom is -0.352 e. The average Bonchev–Trinajstić information content (AvgIpc) is 3.54. The Labute approximate surface area is 198 Å². The van der Waals surface area contributed by atoms with Crippen LogP contribution in [0.3, 0.4) is 0 Å². The normalized spacial score (nSPS) is 18.0.